The summed E-state index contributed by atoms with van der Waals surface area (Å²) in [5.74, 6) is 0.965. The standard InChI is InChI=1S/C12H20O/c1-9(2)10(3)12(4)7-5-11(13)6-8-12/h9H,3,5-8H2,1-2,4H3. The van der Waals surface area contributed by atoms with Gasteiger partial charge in [-0.3, -0.25) is 4.79 Å². The quantitative estimate of drug-likeness (QED) is 0.596. The van der Waals surface area contributed by atoms with Gasteiger partial charge in [0.2, 0.25) is 0 Å². The average Bonchev–Trinajstić information content (AvgIpc) is 2.09. The molecule has 1 rings (SSSR count). The van der Waals surface area contributed by atoms with Crippen molar-refractivity contribution in [1.29, 1.82) is 0 Å². The summed E-state index contributed by atoms with van der Waals surface area (Å²) >= 11 is 0. The maximum atomic E-state index is 11.1. The second kappa shape index (κ2) is 3.65. The molecule has 0 amide bonds. The van der Waals surface area contributed by atoms with Crippen LogP contribution in [0.3, 0.4) is 0 Å². The monoisotopic (exact) mass is 180 g/mol. The molecule has 0 saturated heterocycles. The largest absolute Gasteiger partial charge is 0.300 e. The van der Waals surface area contributed by atoms with Gasteiger partial charge in [0, 0.05) is 12.8 Å². The predicted octanol–water partition coefficient (Wildman–Crippen LogP) is 3.35. The third-order valence-electron chi connectivity index (χ3n) is 3.38. The maximum Gasteiger partial charge on any atom is 0.132 e. The molecule has 0 unspecified atom stereocenters. The average molecular weight is 180 g/mol. The molecule has 1 nitrogen and oxygen atoms in total. The van der Waals surface area contributed by atoms with Crippen molar-refractivity contribution >= 4 is 5.78 Å². The first-order valence-corrected chi connectivity index (χ1v) is 5.17. The van der Waals surface area contributed by atoms with E-state index >= 15 is 0 Å². The van der Waals surface area contributed by atoms with E-state index in [0.29, 0.717) is 11.7 Å². The number of carbonyl (C=O) groups is 1. The third-order valence-corrected chi connectivity index (χ3v) is 3.38. The number of Topliss-reactive ketones (excluding diaryl/α,β-unsaturated/α-hetero) is 1. The van der Waals surface area contributed by atoms with Crippen LogP contribution in [-0.2, 0) is 4.79 Å². The fraction of sp³-hybridized carbons (Fsp3) is 0.750. The highest BCUT2D eigenvalue weighted by Crippen LogP contribution is 2.42. The van der Waals surface area contributed by atoms with Crippen molar-refractivity contribution in [3.8, 4) is 0 Å². The van der Waals surface area contributed by atoms with Crippen LogP contribution in [-0.4, -0.2) is 5.78 Å². The van der Waals surface area contributed by atoms with Crippen molar-refractivity contribution in [2.45, 2.75) is 46.5 Å². The summed E-state index contributed by atoms with van der Waals surface area (Å²) in [6, 6.07) is 0. The molecule has 0 N–H and O–H groups in total. The normalized spacial score (nSPS) is 22.0. The summed E-state index contributed by atoms with van der Waals surface area (Å²) in [5.41, 5.74) is 1.54. The van der Waals surface area contributed by atoms with Crippen LogP contribution in [0.15, 0.2) is 12.2 Å². The Bertz CT molecular complexity index is 215. The molecule has 0 bridgehead atoms. The van der Waals surface area contributed by atoms with Crippen molar-refractivity contribution in [3.05, 3.63) is 12.2 Å². The molecule has 0 aromatic heterocycles. The SMILES string of the molecule is C=C(C(C)C)C1(C)CCC(=O)CC1. The Morgan fingerprint density at radius 1 is 1.38 bits per heavy atom. The number of hydrogen-bond acceptors (Lipinski definition) is 1. The Labute approximate surface area is 81.2 Å². The molecule has 0 radical (unpaired) electrons. The van der Waals surface area contributed by atoms with Gasteiger partial charge in [0.25, 0.3) is 0 Å². The molecule has 74 valence electrons. The van der Waals surface area contributed by atoms with Crippen LogP contribution in [0.2, 0.25) is 0 Å². The van der Waals surface area contributed by atoms with Crippen molar-refractivity contribution in [1.82, 2.24) is 0 Å². The Morgan fingerprint density at radius 2 is 1.85 bits per heavy atom. The van der Waals surface area contributed by atoms with Crippen LogP contribution in [0.1, 0.15) is 46.5 Å². The van der Waals surface area contributed by atoms with Crippen molar-refractivity contribution in [2.24, 2.45) is 11.3 Å². The second-order valence-electron chi connectivity index (χ2n) is 4.78. The molecule has 1 aliphatic carbocycles. The fourth-order valence-electron chi connectivity index (χ4n) is 2.10. The first-order chi connectivity index (χ1) is 5.96. The Kier molecular flexibility index (Phi) is 2.94. The lowest BCUT2D eigenvalue weighted by atomic mass is 9.68. The van der Waals surface area contributed by atoms with Gasteiger partial charge in [0.1, 0.15) is 5.78 Å². The van der Waals surface area contributed by atoms with Gasteiger partial charge in [0.05, 0.1) is 0 Å². The fourth-order valence-corrected chi connectivity index (χ4v) is 2.10. The minimum Gasteiger partial charge on any atom is -0.300 e. The molecule has 13 heavy (non-hydrogen) atoms. The lowest BCUT2D eigenvalue weighted by molar-refractivity contribution is -0.121. The minimum atomic E-state index is 0.224. The van der Waals surface area contributed by atoms with Gasteiger partial charge in [-0.05, 0) is 24.2 Å². The van der Waals surface area contributed by atoms with Gasteiger partial charge in [0.15, 0.2) is 0 Å². The summed E-state index contributed by atoms with van der Waals surface area (Å²) in [6.45, 7) is 10.8. The Balaban J connectivity index is 2.67. The maximum absolute atomic E-state index is 11.1. The molecule has 0 atom stereocenters. The molecular weight excluding hydrogens is 160 g/mol. The van der Waals surface area contributed by atoms with Crippen LogP contribution in [0.5, 0.6) is 0 Å². The van der Waals surface area contributed by atoms with Gasteiger partial charge in [-0.2, -0.15) is 0 Å². The molecule has 1 aliphatic rings. The topological polar surface area (TPSA) is 17.1 Å². The van der Waals surface area contributed by atoms with Crippen LogP contribution in [0, 0.1) is 11.3 Å². The van der Waals surface area contributed by atoms with Gasteiger partial charge in [-0.1, -0.05) is 32.9 Å². The van der Waals surface area contributed by atoms with E-state index in [1.54, 1.807) is 0 Å². The third kappa shape index (κ3) is 2.20. The van der Waals surface area contributed by atoms with E-state index in [0.717, 1.165) is 25.7 Å². The minimum absolute atomic E-state index is 0.224. The Hall–Kier alpha value is -0.590. The Morgan fingerprint density at radius 3 is 2.23 bits per heavy atom. The zero-order valence-electron chi connectivity index (χ0n) is 9.02. The molecule has 1 fully saturated rings. The van der Waals surface area contributed by atoms with E-state index in [-0.39, 0.29) is 5.41 Å². The predicted molar refractivity (Wildman–Crippen MR) is 55.6 cm³/mol. The lowest BCUT2D eigenvalue weighted by Gasteiger charge is -2.36. The van der Waals surface area contributed by atoms with Crippen molar-refractivity contribution in [3.63, 3.8) is 0 Å². The van der Waals surface area contributed by atoms with E-state index in [1.807, 2.05) is 0 Å². The molecule has 1 heteroatoms. The highest BCUT2D eigenvalue weighted by Gasteiger charge is 2.33. The van der Waals surface area contributed by atoms with Gasteiger partial charge in [-0.15, -0.1) is 0 Å². The number of carbonyl (C=O) groups excluding carboxylic acids is 1. The van der Waals surface area contributed by atoms with E-state index in [4.69, 9.17) is 0 Å². The molecule has 1 saturated carbocycles. The van der Waals surface area contributed by atoms with Crippen molar-refractivity contribution in [2.75, 3.05) is 0 Å². The van der Waals surface area contributed by atoms with E-state index in [2.05, 4.69) is 27.4 Å². The molecule has 0 spiro atoms. The molecular formula is C12H20O. The number of rotatable bonds is 2. The summed E-state index contributed by atoms with van der Waals surface area (Å²) in [7, 11) is 0. The summed E-state index contributed by atoms with van der Waals surface area (Å²) < 4.78 is 0. The summed E-state index contributed by atoms with van der Waals surface area (Å²) in [5, 5.41) is 0. The number of hydrogen-bond donors (Lipinski definition) is 0. The number of ketones is 1. The first kappa shape index (κ1) is 10.5. The van der Waals surface area contributed by atoms with E-state index in [1.165, 1.54) is 5.57 Å². The first-order valence-electron chi connectivity index (χ1n) is 5.17. The second-order valence-corrected chi connectivity index (χ2v) is 4.78. The van der Waals surface area contributed by atoms with Gasteiger partial charge >= 0.3 is 0 Å². The molecule has 0 aromatic carbocycles. The van der Waals surface area contributed by atoms with Crippen LogP contribution >= 0.6 is 0 Å². The van der Waals surface area contributed by atoms with E-state index < -0.39 is 0 Å². The van der Waals surface area contributed by atoms with Gasteiger partial charge < -0.3 is 0 Å². The van der Waals surface area contributed by atoms with Crippen LogP contribution in [0.4, 0.5) is 0 Å². The lowest BCUT2D eigenvalue weighted by Crippen LogP contribution is -2.28. The molecule has 0 heterocycles. The molecule has 0 aromatic rings. The zero-order valence-corrected chi connectivity index (χ0v) is 9.02. The highest BCUT2D eigenvalue weighted by atomic mass is 16.1. The highest BCUT2D eigenvalue weighted by molar-refractivity contribution is 5.79. The van der Waals surface area contributed by atoms with E-state index in [9.17, 15) is 4.79 Å². The smallest absolute Gasteiger partial charge is 0.132 e. The summed E-state index contributed by atoms with van der Waals surface area (Å²) in [6.07, 6.45) is 3.51. The zero-order chi connectivity index (χ0) is 10.1. The van der Waals surface area contributed by atoms with Crippen molar-refractivity contribution < 1.29 is 4.79 Å². The van der Waals surface area contributed by atoms with Gasteiger partial charge in [-0.25, -0.2) is 0 Å². The summed E-state index contributed by atoms with van der Waals surface area (Å²) in [4.78, 5) is 11.1. The number of allylic oxidation sites excluding steroid dienone is 1. The molecule has 0 aliphatic heterocycles. The van der Waals surface area contributed by atoms with Crippen LogP contribution < -0.4 is 0 Å². The van der Waals surface area contributed by atoms with Crippen LogP contribution in [0.25, 0.3) is 0 Å².